The fraction of sp³-hybridized carbons (Fsp3) is 0.0588. The average Bonchev–Trinajstić information content (AvgIpc) is 2.45. The summed E-state index contributed by atoms with van der Waals surface area (Å²) in [4.78, 5) is 1.35. The summed E-state index contributed by atoms with van der Waals surface area (Å²) < 4.78 is 52.2. The lowest BCUT2D eigenvalue weighted by Crippen LogP contribution is -2.07. The summed E-state index contributed by atoms with van der Waals surface area (Å²) in [6.07, 6.45) is -1.24. The van der Waals surface area contributed by atoms with E-state index in [-0.39, 0.29) is 5.82 Å². The van der Waals surface area contributed by atoms with Crippen LogP contribution in [-0.2, 0) is 6.18 Å². The smallest absolute Gasteiger partial charge is 0.207 e. The van der Waals surface area contributed by atoms with E-state index in [2.05, 4.69) is 6.58 Å². The molecule has 112 valence electrons. The summed E-state index contributed by atoms with van der Waals surface area (Å²) in [5, 5.41) is 0. The van der Waals surface area contributed by atoms with Gasteiger partial charge in [-0.1, -0.05) is 36.6 Å². The predicted octanol–water partition coefficient (Wildman–Crippen LogP) is 5.93. The molecular formula is C17H10F4S. The first kappa shape index (κ1) is 14.9. The molecule has 5 heteroatoms. The summed E-state index contributed by atoms with van der Waals surface area (Å²) in [6.45, 7) is 3.61. The molecule has 0 N–H and O–H groups in total. The normalized spacial score (nSPS) is 15.4. The van der Waals surface area contributed by atoms with Crippen LogP contribution in [0.2, 0.25) is 0 Å². The monoisotopic (exact) mass is 322 g/mol. The Morgan fingerprint density at radius 2 is 1.73 bits per heavy atom. The molecule has 0 saturated carbocycles. The van der Waals surface area contributed by atoms with E-state index in [1.807, 2.05) is 0 Å². The van der Waals surface area contributed by atoms with Crippen molar-refractivity contribution in [2.24, 2.45) is 0 Å². The Morgan fingerprint density at radius 3 is 2.41 bits per heavy atom. The van der Waals surface area contributed by atoms with E-state index in [0.29, 0.717) is 26.5 Å². The molecule has 2 aromatic rings. The maximum Gasteiger partial charge on any atom is 0.416 e. The van der Waals surface area contributed by atoms with E-state index in [4.69, 9.17) is 0 Å². The van der Waals surface area contributed by atoms with Crippen LogP contribution in [-0.4, -0.2) is 0 Å². The maximum absolute atomic E-state index is 13.4. The highest BCUT2D eigenvalue weighted by atomic mass is 32.2. The molecule has 1 aliphatic heterocycles. The number of benzene rings is 2. The van der Waals surface area contributed by atoms with Gasteiger partial charge in [-0.3, -0.25) is 0 Å². The van der Waals surface area contributed by atoms with Crippen molar-refractivity contribution in [1.29, 1.82) is 0 Å². The van der Waals surface area contributed by atoms with Gasteiger partial charge in [-0.05, 0) is 47.0 Å². The third-order valence-electron chi connectivity index (χ3n) is 3.34. The van der Waals surface area contributed by atoms with Crippen molar-refractivity contribution in [3.05, 3.63) is 77.6 Å². The Morgan fingerprint density at radius 1 is 0.955 bits per heavy atom. The van der Waals surface area contributed by atoms with Gasteiger partial charge in [-0.2, -0.15) is 13.2 Å². The zero-order valence-corrected chi connectivity index (χ0v) is 12.1. The van der Waals surface area contributed by atoms with Gasteiger partial charge in [0.2, 0.25) is 0 Å². The summed E-state index contributed by atoms with van der Waals surface area (Å²) in [5.41, 5.74) is 1.11. The van der Waals surface area contributed by atoms with Gasteiger partial charge in [0.15, 0.2) is 0 Å². The van der Waals surface area contributed by atoms with E-state index < -0.39 is 11.7 Å². The van der Waals surface area contributed by atoms with Crippen molar-refractivity contribution in [2.45, 2.75) is 16.0 Å². The van der Waals surface area contributed by atoms with E-state index >= 15 is 0 Å². The van der Waals surface area contributed by atoms with Crippen LogP contribution < -0.4 is 0 Å². The lowest BCUT2D eigenvalue weighted by atomic mass is 9.95. The van der Waals surface area contributed by atoms with E-state index in [1.54, 1.807) is 12.1 Å². The number of fused-ring (bicyclic) bond motifs is 2. The zero-order valence-electron chi connectivity index (χ0n) is 11.2. The number of rotatable bonds is 1. The Labute approximate surface area is 129 Å². The van der Waals surface area contributed by atoms with Gasteiger partial charge < -0.3 is 0 Å². The summed E-state index contributed by atoms with van der Waals surface area (Å²) in [5.74, 6) is -0.375. The topological polar surface area (TPSA) is 0 Å². The molecule has 3 rings (SSSR count). The highest BCUT2D eigenvalue weighted by molar-refractivity contribution is 7.99. The Balaban J connectivity index is 2.22. The molecule has 0 radical (unpaired) electrons. The lowest BCUT2D eigenvalue weighted by Gasteiger charge is -2.23. The molecule has 0 spiro atoms. The van der Waals surface area contributed by atoms with E-state index in [9.17, 15) is 17.6 Å². The third kappa shape index (κ3) is 2.57. The maximum atomic E-state index is 13.4. The highest BCUT2D eigenvalue weighted by Crippen LogP contribution is 2.47. The minimum Gasteiger partial charge on any atom is -0.207 e. The number of hydrogen-bond donors (Lipinski definition) is 0. The van der Waals surface area contributed by atoms with Crippen LogP contribution in [0.15, 0.2) is 64.9 Å². The molecule has 0 nitrogen and oxygen atoms in total. The van der Waals surface area contributed by atoms with Gasteiger partial charge in [-0.15, -0.1) is 0 Å². The van der Waals surface area contributed by atoms with Crippen LogP contribution in [0.25, 0.3) is 5.57 Å². The number of halogens is 4. The van der Waals surface area contributed by atoms with Crippen LogP contribution in [0.1, 0.15) is 16.7 Å². The molecule has 1 heterocycles. The fourth-order valence-electron chi connectivity index (χ4n) is 2.37. The standard InChI is InChI=1S/C17H10F4S/c1-2-3-12-13-6-5-11(18)9-16(13)22-15-7-4-10(8-14(12)15)17(19,20)21/h2-9H,1H2. The molecule has 0 saturated heterocycles. The third-order valence-corrected chi connectivity index (χ3v) is 4.47. The Kier molecular flexibility index (Phi) is 3.60. The number of hydrogen-bond acceptors (Lipinski definition) is 1. The average molecular weight is 322 g/mol. The van der Waals surface area contributed by atoms with Crippen LogP contribution in [0.3, 0.4) is 0 Å². The van der Waals surface area contributed by atoms with Crippen molar-refractivity contribution in [2.75, 3.05) is 0 Å². The van der Waals surface area contributed by atoms with Crippen LogP contribution in [0.5, 0.6) is 0 Å². The minimum absolute atomic E-state index is 0.375. The first-order valence-corrected chi connectivity index (χ1v) is 7.24. The second-order valence-electron chi connectivity index (χ2n) is 4.77. The van der Waals surface area contributed by atoms with Crippen LogP contribution in [0, 0.1) is 5.82 Å². The molecule has 22 heavy (non-hydrogen) atoms. The molecule has 0 unspecified atom stereocenters. The van der Waals surface area contributed by atoms with E-state index in [1.165, 1.54) is 36.0 Å². The second-order valence-corrected chi connectivity index (χ2v) is 5.85. The number of alkyl halides is 3. The molecule has 0 bridgehead atoms. The molecule has 2 aromatic carbocycles. The minimum atomic E-state index is -4.40. The fourth-order valence-corrected chi connectivity index (χ4v) is 3.48. The summed E-state index contributed by atoms with van der Waals surface area (Å²) >= 11 is 1.26. The van der Waals surface area contributed by atoms with Crippen LogP contribution in [0.4, 0.5) is 17.6 Å². The first-order valence-electron chi connectivity index (χ1n) is 6.42. The molecule has 0 atom stereocenters. The Bertz CT molecular complexity index is 788. The lowest BCUT2D eigenvalue weighted by molar-refractivity contribution is -0.137. The highest BCUT2D eigenvalue weighted by Gasteiger charge is 2.32. The predicted molar refractivity (Wildman–Crippen MR) is 79.2 cm³/mol. The van der Waals surface area contributed by atoms with Crippen LogP contribution >= 0.6 is 11.8 Å². The van der Waals surface area contributed by atoms with Gasteiger partial charge in [0.25, 0.3) is 0 Å². The first-order chi connectivity index (χ1) is 10.4. The SMILES string of the molecule is C=CC=C1c2ccc(F)cc2Sc2ccc(C(F)(F)F)cc21. The van der Waals surface area contributed by atoms with Gasteiger partial charge in [0.05, 0.1) is 5.56 Å². The zero-order chi connectivity index (χ0) is 15.9. The molecule has 0 aliphatic carbocycles. The van der Waals surface area contributed by atoms with Crippen molar-refractivity contribution < 1.29 is 17.6 Å². The largest absolute Gasteiger partial charge is 0.416 e. The molecule has 0 fully saturated rings. The van der Waals surface area contributed by atoms with Crippen molar-refractivity contribution >= 4 is 17.3 Å². The molecular weight excluding hydrogens is 312 g/mol. The van der Waals surface area contributed by atoms with E-state index in [0.717, 1.165) is 12.1 Å². The Hall–Kier alpha value is -2.01. The quantitative estimate of drug-likeness (QED) is 0.501. The van der Waals surface area contributed by atoms with Crippen molar-refractivity contribution in [1.82, 2.24) is 0 Å². The molecule has 0 amide bonds. The molecule has 1 aliphatic rings. The van der Waals surface area contributed by atoms with Crippen molar-refractivity contribution in [3.63, 3.8) is 0 Å². The van der Waals surface area contributed by atoms with Gasteiger partial charge in [0, 0.05) is 9.79 Å². The summed E-state index contributed by atoms with van der Waals surface area (Å²) in [6, 6.07) is 7.86. The molecule has 0 aromatic heterocycles. The second kappa shape index (κ2) is 5.32. The van der Waals surface area contributed by atoms with Gasteiger partial charge >= 0.3 is 6.18 Å². The van der Waals surface area contributed by atoms with Gasteiger partial charge in [-0.25, -0.2) is 4.39 Å². The van der Waals surface area contributed by atoms with Gasteiger partial charge in [0.1, 0.15) is 5.82 Å². The summed E-state index contributed by atoms with van der Waals surface area (Å²) in [7, 11) is 0. The number of allylic oxidation sites excluding steroid dienone is 2. The van der Waals surface area contributed by atoms with Crippen molar-refractivity contribution in [3.8, 4) is 0 Å².